The van der Waals surface area contributed by atoms with Crippen LogP contribution in [0.15, 0.2) is 36.4 Å². The van der Waals surface area contributed by atoms with E-state index in [1.807, 2.05) is 13.0 Å². The van der Waals surface area contributed by atoms with E-state index in [0.717, 1.165) is 32.4 Å². The second-order valence-electron chi connectivity index (χ2n) is 6.63. The van der Waals surface area contributed by atoms with E-state index in [9.17, 15) is 13.2 Å². The van der Waals surface area contributed by atoms with E-state index < -0.39 is 11.9 Å². The minimum absolute atomic E-state index is 0.0417. The largest absolute Gasteiger partial charge is 0.435 e. The Kier molecular flexibility index (Phi) is 4.09. The van der Waals surface area contributed by atoms with Crippen molar-refractivity contribution in [2.45, 2.75) is 32.4 Å². The van der Waals surface area contributed by atoms with Crippen molar-refractivity contribution in [1.82, 2.24) is 14.6 Å². The summed E-state index contributed by atoms with van der Waals surface area (Å²) in [4.78, 5) is 6.52. The van der Waals surface area contributed by atoms with Crippen molar-refractivity contribution in [3.63, 3.8) is 0 Å². The first-order chi connectivity index (χ1) is 12.4. The summed E-state index contributed by atoms with van der Waals surface area (Å²) >= 11 is 0. The summed E-state index contributed by atoms with van der Waals surface area (Å²) in [6.45, 7) is 3.45. The number of alkyl halides is 3. The highest BCUT2D eigenvalue weighted by molar-refractivity contribution is 5.81. The predicted octanol–water partition coefficient (Wildman–Crippen LogP) is 4.71. The number of aryl methyl sites for hydroxylation is 1. The lowest BCUT2D eigenvalue weighted by Crippen LogP contribution is -2.31. The molecule has 0 saturated carbocycles. The number of hydrogen-bond donors (Lipinski definition) is 0. The molecule has 0 N–H and O–H groups in total. The maximum Gasteiger partial charge on any atom is 0.435 e. The fourth-order valence-corrected chi connectivity index (χ4v) is 3.54. The van der Waals surface area contributed by atoms with E-state index in [-0.39, 0.29) is 11.2 Å². The normalized spacial score (nSPS) is 15.6. The number of halogens is 3. The van der Waals surface area contributed by atoms with Gasteiger partial charge in [0.2, 0.25) is 0 Å². The highest BCUT2D eigenvalue weighted by Crippen LogP contribution is 2.39. The van der Waals surface area contributed by atoms with Gasteiger partial charge in [-0.15, -0.1) is 0 Å². The summed E-state index contributed by atoms with van der Waals surface area (Å²) in [5.41, 5.74) is 0.561. The lowest BCUT2D eigenvalue weighted by atomic mass is 10.1. The topological polar surface area (TPSA) is 33.4 Å². The molecule has 4 nitrogen and oxygen atoms in total. The molecule has 0 spiro atoms. The van der Waals surface area contributed by atoms with Crippen LogP contribution in [-0.2, 0) is 6.18 Å². The fraction of sp³-hybridized carbons (Fsp3) is 0.368. The van der Waals surface area contributed by atoms with Gasteiger partial charge in [0.1, 0.15) is 5.82 Å². The van der Waals surface area contributed by atoms with Crippen LogP contribution in [0.3, 0.4) is 0 Å². The molecule has 0 bridgehead atoms. The molecule has 0 unspecified atom stereocenters. The molecule has 3 heterocycles. The van der Waals surface area contributed by atoms with Crippen LogP contribution in [-0.4, -0.2) is 27.7 Å². The quantitative estimate of drug-likeness (QED) is 0.663. The molecule has 1 aliphatic heterocycles. The summed E-state index contributed by atoms with van der Waals surface area (Å²) in [5.74, 6) is 0.680. The van der Waals surface area contributed by atoms with Crippen LogP contribution in [0.1, 0.15) is 30.7 Å². The highest BCUT2D eigenvalue weighted by Gasteiger charge is 2.39. The van der Waals surface area contributed by atoms with E-state index in [0.29, 0.717) is 17.1 Å². The number of nitrogens with zero attached hydrogens (tertiary/aromatic N) is 4. The van der Waals surface area contributed by atoms with Crippen molar-refractivity contribution in [2.75, 3.05) is 18.0 Å². The summed E-state index contributed by atoms with van der Waals surface area (Å²) in [6.07, 6.45) is -1.35. The number of rotatable bonds is 2. The molecule has 0 radical (unpaired) electrons. The van der Waals surface area contributed by atoms with Gasteiger partial charge < -0.3 is 4.90 Å². The van der Waals surface area contributed by atoms with Gasteiger partial charge in [-0.1, -0.05) is 30.3 Å². The van der Waals surface area contributed by atoms with Gasteiger partial charge in [0.25, 0.3) is 0 Å². The molecule has 1 aliphatic rings. The Morgan fingerprint density at radius 3 is 2.35 bits per heavy atom. The van der Waals surface area contributed by atoms with Crippen LogP contribution in [0.25, 0.3) is 16.8 Å². The third kappa shape index (κ3) is 2.91. The van der Waals surface area contributed by atoms with Crippen molar-refractivity contribution in [1.29, 1.82) is 0 Å². The number of hydrogen-bond acceptors (Lipinski definition) is 3. The van der Waals surface area contributed by atoms with Crippen LogP contribution in [0.2, 0.25) is 0 Å². The Bertz CT molecular complexity index is 925. The Morgan fingerprint density at radius 2 is 1.69 bits per heavy atom. The molecule has 2 aromatic heterocycles. The molecular weight excluding hydrogens is 341 g/mol. The van der Waals surface area contributed by atoms with E-state index >= 15 is 0 Å². The van der Waals surface area contributed by atoms with Crippen LogP contribution >= 0.6 is 0 Å². The Hall–Kier alpha value is -2.57. The van der Waals surface area contributed by atoms with E-state index in [2.05, 4.69) is 15.0 Å². The van der Waals surface area contributed by atoms with Gasteiger partial charge in [0.15, 0.2) is 11.3 Å². The van der Waals surface area contributed by atoms with Gasteiger partial charge in [-0.05, 0) is 31.7 Å². The molecule has 1 fully saturated rings. The van der Waals surface area contributed by atoms with E-state index in [4.69, 9.17) is 0 Å². The summed E-state index contributed by atoms with van der Waals surface area (Å²) in [5, 5.41) is 3.96. The minimum atomic E-state index is -4.55. The summed E-state index contributed by atoms with van der Waals surface area (Å²) < 4.78 is 42.6. The fourth-order valence-electron chi connectivity index (χ4n) is 3.54. The van der Waals surface area contributed by atoms with Crippen molar-refractivity contribution >= 4 is 11.5 Å². The molecule has 4 rings (SSSR count). The molecule has 0 aliphatic carbocycles. The van der Waals surface area contributed by atoms with Crippen LogP contribution < -0.4 is 4.90 Å². The van der Waals surface area contributed by atoms with Crippen LogP contribution in [0.5, 0.6) is 0 Å². The van der Waals surface area contributed by atoms with Gasteiger partial charge in [-0.25, -0.2) is 4.98 Å². The monoisotopic (exact) mass is 360 g/mol. The second kappa shape index (κ2) is 6.30. The first-order valence-electron chi connectivity index (χ1n) is 8.73. The SMILES string of the molecule is Cc1cc(N2CCCCC2)n2nc(C(F)(F)F)c(-c3ccccc3)c2n1. The molecule has 7 heteroatoms. The molecule has 1 saturated heterocycles. The number of fused-ring (bicyclic) bond motifs is 1. The zero-order valence-electron chi connectivity index (χ0n) is 14.4. The third-order valence-corrected chi connectivity index (χ3v) is 4.71. The highest BCUT2D eigenvalue weighted by atomic mass is 19.4. The molecule has 0 amide bonds. The van der Waals surface area contributed by atoms with Gasteiger partial charge in [0, 0.05) is 24.8 Å². The van der Waals surface area contributed by atoms with Gasteiger partial charge >= 0.3 is 6.18 Å². The third-order valence-electron chi connectivity index (χ3n) is 4.71. The Balaban J connectivity index is 2.01. The molecule has 136 valence electrons. The first-order valence-corrected chi connectivity index (χ1v) is 8.73. The number of anilines is 1. The maximum atomic E-state index is 13.7. The smallest absolute Gasteiger partial charge is 0.356 e. The number of piperidine rings is 1. The maximum absolute atomic E-state index is 13.7. The average molecular weight is 360 g/mol. The predicted molar refractivity (Wildman–Crippen MR) is 94.2 cm³/mol. The zero-order valence-corrected chi connectivity index (χ0v) is 14.4. The average Bonchev–Trinajstić information content (AvgIpc) is 3.02. The molecular formula is C19H19F3N4. The van der Waals surface area contributed by atoms with E-state index in [1.54, 1.807) is 30.3 Å². The van der Waals surface area contributed by atoms with Crippen molar-refractivity contribution in [3.8, 4) is 11.1 Å². The molecule has 0 atom stereocenters. The van der Waals surface area contributed by atoms with Crippen molar-refractivity contribution in [3.05, 3.63) is 47.8 Å². The van der Waals surface area contributed by atoms with Crippen LogP contribution in [0, 0.1) is 6.92 Å². The zero-order chi connectivity index (χ0) is 18.3. The van der Waals surface area contributed by atoms with Crippen molar-refractivity contribution in [2.24, 2.45) is 0 Å². The van der Waals surface area contributed by atoms with E-state index in [1.165, 1.54) is 4.52 Å². The Labute approximate surface area is 149 Å². The van der Waals surface area contributed by atoms with Gasteiger partial charge in [-0.3, -0.25) is 0 Å². The van der Waals surface area contributed by atoms with Gasteiger partial charge in [-0.2, -0.15) is 22.8 Å². The minimum Gasteiger partial charge on any atom is -0.356 e. The summed E-state index contributed by atoms with van der Waals surface area (Å²) in [6, 6.07) is 10.4. The standard InChI is InChI=1S/C19H19F3N4/c1-13-12-15(25-10-6-3-7-11-25)26-18(23-13)16(14-8-4-2-5-9-14)17(24-26)19(20,21)22/h2,4-5,8-9,12H,3,6-7,10-11H2,1H3. The van der Waals surface area contributed by atoms with Crippen molar-refractivity contribution < 1.29 is 13.2 Å². The number of aromatic nitrogens is 3. The van der Waals surface area contributed by atoms with Crippen LogP contribution in [0.4, 0.5) is 19.0 Å². The molecule has 26 heavy (non-hydrogen) atoms. The van der Waals surface area contributed by atoms with Gasteiger partial charge in [0.05, 0.1) is 5.56 Å². The lowest BCUT2D eigenvalue weighted by molar-refractivity contribution is -0.140. The lowest BCUT2D eigenvalue weighted by Gasteiger charge is -2.29. The number of benzene rings is 1. The molecule has 3 aromatic rings. The summed E-state index contributed by atoms with van der Waals surface area (Å²) in [7, 11) is 0. The molecule has 1 aromatic carbocycles. The second-order valence-corrected chi connectivity index (χ2v) is 6.63. The Morgan fingerprint density at radius 1 is 1.00 bits per heavy atom. The first kappa shape index (κ1) is 16.9.